The summed E-state index contributed by atoms with van der Waals surface area (Å²) in [5, 5.41) is 0. The Bertz CT molecular complexity index is 553. The molecule has 0 N–H and O–H groups in total. The fourth-order valence-electron chi connectivity index (χ4n) is 3.42. The Hall–Kier alpha value is -1.75. The summed E-state index contributed by atoms with van der Waals surface area (Å²) in [4.78, 5) is 17.2. The van der Waals surface area contributed by atoms with Gasteiger partial charge in [-0.25, -0.2) is 0 Å². The lowest BCUT2D eigenvalue weighted by atomic mass is 9.95. The van der Waals surface area contributed by atoms with Crippen LogP contribution in [-0.2, 0) is 11.2 Å². The molecule has 126 valence electrons. The molecule has 0 spiro atoms. The number of carbonyl (C=O) groups excluding carboxylic acids is 1. The van der Waals surface area contributed by atoms with Gasteiger partial charge in [-0.2, -0.15) is 0 Å². The highest BCUT2D eigenvalue weighted by molar-refractivity contribution is 5.80. The van der Waals surface area contributed by atoms with Crippen LogP contribution in [0.2, 0.25) is 0 Å². The van der Waals surface area contributed by atoms with Gasteiger partial charge in [-0.1, -0.05) is 6.92 Å². The predicted molar refractivity (Wildman–Crippen MR) is 89.0 cm³/mol. The van der Waals surface area contributed by atoms with E-state index in [1.165, 1.54) is 6.42 Å². The average molecular weight is 318 g/mol. The lowest BCUT2D eigenvalue weighted by Gasteiger charge is -2.37. The molecular weight excluding hydrogens is 292 g/mol. The fraction of sp³-hybridized carbons (Fsp3) is 0.611. The van der Waals surface area contributed by atoms with Crippen molar-refractivity contribution in [3.63, 3.8) is 0 Å². The molecule has 1 saturated heterocycles. The molecule has 1 amide bonds. The van der Waals surface area contributed by atoms with Crippen molar-refractivity contribution in [3.8, 4) is 11.5 Å². The zero-order valence-electron chi connectivity index (χ0n) is 14.1. The van der Waals surface area contributed by atoms with Crippen LogP contribution in [0.4, 0.5) is 0 Å². The summed E-state index contributed by atoms with van der Waals surface area (Å²) < 4.78 is 11.1. The van der Waals surface area contributed by atoms with E-state index in [1.807, 2.05) is 23.1 Å². The van der Waals surface area contributed by atoms with Crippen molar-refractivity contribution >= 4 is 5.91 Å². The van der Waals surface area contributed by atoms with Gasteiger partial charge in [0.25, 0.3) is 0 Å². The number of hydrogen-bond acceptors (Lipinski definition) is 4. The third-order valence-corrected chi connectivity index (χ3v) is 4.75. The van der Waals surface area contributed by atoms with E-state index in [0.717, 1.165) is 56.2 Å². The molecule has 0 aliphatic carbocycles. The number of methoxy groups -OCH3 is 1. The lowest BCUT2D eigenvalue weighted by molar-refractivity contribution is -0.138. The maximum Gasteiger partial charge on any atom is 0.229 e. The third kappa shape index (κ3) is 3.61. The van der Waals surface area contributed by atoms with Gasteiger partial charge in [0, 0.05) is 26.2 Å². The quantitative estimate of drug-likeness (QED) is 0.849. The van der Waals surface area contributed by atoms with Gasteiger partial charge in [0.2, 0.25) is 5.91 Å². The Morgan fingerprint density at radius 1 is 1.30 bits per heavy atom. The number of nitrogens with zero attached hydrogens (tertiary/aromatic N) is 2. The molecule has 5 heteroatoms. The Kier molecular flexibility index (Phi) is 5.06. The first-order valence-corrected chi connectivity index (χ1v) is 8.52. The normalized spacial score (nSPS) is 21.5. The number of amides is 1. The largest absolute Gasteiger partial charge is 0.497 e. The van der Waals surface area contributed by atoms with Crippen LogP contribution < -0.4 is 9.47 Å². The fourth-order valence-corrected chi connectivity index (χ4v) is 3.42. The van der Waals surface area contributed by atoms with Crippen LogP contribution in [0.3, 0.4) is 0 Å². The predicted octanol–water partition coefficient (Wildman–Crippen LogP) is 1.80. The van der Waals surface area contributed by atoms with Gasteiger partial charge in [0.05, 0.1) is 13.0 Å². The number of ether oxygens (including phenoxy) is 2. The summed E-state index contributed by atoms with van der Waals surface area (Å²) in [6.45, 7) is 7.44. The van der Waals surface area contributed by atoms with Crippen molar-refractivity contribution in [2.24, 2.45) is 5.92 Å². The molecule has 1 aromatic rings. The standard InChI is InChI=1S/C18H26N2O3/c1-3-6-19-7-9-20(10-8-19)18(21)15-11-14-12-16(22-2)4-5-17(14)23-13-15/h4-5,12,15H,3,6-11,13H2,1-2H3. The minimum Gasteiger partial charge on any atom is -0.497 e. The number of piperazine rings is 1. The maximum atomic E-state index is 12.8. The molecule has 1 unspecified atom stereocenters. The first kappa shape index (κ1) is 16.1. The summed E-state index contributed by atoms with van der Waals surface area (Å²) >= 11 is 0. The molecule has 0 aromatic heterocycles. The first-order valence-electron chi connectivity index (χ1n) is 8.52. The van der Waals surface area contributed by atoms with Crippen molar-refractivity contribution in [2.75, 3.05) is 46.4 Å². The molecular formula is C18H26N2O3. The van der Waals surface area contributed by atoms with Crippen LogP contribution in [0.5, 0.6) is 11.5 Å². The molecule has 0 saturated carbocycles. The highest BCUT2D eigenvalue weighted by Crippen LogP contribution is 2.31. The second kappa shape index (κ2) is 7.21. The molecule has 1 fully saturated rings. The van der Waals surface area contributed by atoms with Gasteiger partial charge in [-0.05, 0) is 43.1 Å². The van der Waals surface area contributed by atoms with E-state index in [4.69, 9.17) is 9.47 Å². The van der Waals surface area contributed by atoms with E-state index in [1.54, 1.807) is 7.11 Å². The molecule has 23 heavy (non-hydrogen) atoms. The van der Waals surface area contributed by atoms with Gasteiger partial charge in [0.15, 0.2) is 0 Å². The van der Waals surface area contributed by atoms with Crippen molar-refractivity contribution in [1.29, 1.82) is 0 Å². The monoisotopic (exact) mass is 318 g/mol. The second-order valence-corrected chi connectivity index (χ2v) is 6.35. The van der Waals surface area contributed by atoms with Crippen molar-refractivity contribution in [2.45, 2.75) is 19.8 Å². The van der Waals surface area contributed by atoms with Crippen molar-refractivity contribution in [1.82, 2.24) is 9.80 Å². The summed E-state index contributed by atoms with van der Waals surface area (Å²) in [6, 6.07) is 5.81. The molecule has 1 atom stereocenters. The van der Waals surface area contributed by atoms with Gasteiger partial charge in [0.1, 0.15) is 18.1 Å². The SMILES string of the molecule is CCCN1CCN(C(=O)C2COc3ccc(OC)cc3C2)CC1. The van der Waals surface area contributed by atoms with Gasteiger partial charge in [-0.3, -0.25) is 9.69 Å². The minimum atomic E-state index is -0.0765. The van der Waals surface area contributed by atoms with Crippen LogP contribution >= 0.6 is 0 Å². The Morgan fingerprint density at radius 3 is 2.78 bits per heavy atom. The summed E-state index contributed by atoms with van der Waals surface area (Å²) in [7, 11) is 1.66. The second-order valence-electron chi connectivity index (χ2n) is 6.35. The molecule has 1 aromatic carbocycles. The highest BCUT2D eigenvalue weighted by Gasteiger charge is 2.31. The maximum absolute atomic E-state index is 12.8. The number of hydrogen-bond donors (Lipinski definition) is 0. The number of fused-ring (bicyclic) bond motifs is 1. The first-order chi connectivity index (χ1) is 11.2. The van der Waals surface area contributed by atoms with E-state index in [9.17, 15) is 4.79 Å². The van der Waals surface area contributed by atoms with Crippen molar-refractivity contribution < 1.29 is 14.3 Å². The molecule has 0 radical (unpaired) electrons. The van der Waals surface area contributed by atoms with Crippen LogP contribution in [0.15, 0.2) is 18.2 Å². The molecule has 2 aliphatic rings. The van der Waals surface area contributed by atoms with Gasteiger partial charge >= 0.3 is 0 Å². The smallest absolute Gasteiger partial charge is 0.229 e. The van der Waals surface area contributed by atoms with E-state index < -0.39 is 0 Å². The van der Waals surface area contributed by atoms with E-state index >= 15 is 0 Å². The Balaban J connectivity index is 1.61. The number of rotatable bonds is 4. The molecule has 2 heterocycles. The number of benzene rings is 1. The number of carbonyl (C=O) groups is 1. The molecule has 3 rings (SSSR count). The zero-order chi connectivity index (χ0) is 16.2. The van der Waals surface area contributed by atoms with Crippen molar-refractivity contribution in [3.05, 3.63) is 23.8 Å². The minimum absolute atomic E-state index is 0.0765. The summed E-state index contributed by atoms with van der Waals surface area (Å²) in [5.74, 6) is 1.85. The van der Waals surface area contributed by atoms with Crippen LogP contribution in [-0.4, -0.2) is 62.1 Å². The Morgan fingerprint density at radius 2 is 2.09 bits per heavy atom. The van der Waals surface area contributed by atoms with Crippen LogP contribution in [0, 0.1) is 5.92 Å². The average Bonchev–Trinajstić information content (AvgIpc) is 2.61. The van der Waals surface area contributed by atoms with Crippen LogP contribution in [0.1, 0.15) is 18.9 Å². The Labute approximate surface area is 138 Å². The van der Waals surface area contributed by atoms with Gasteiger partial charge in [-0.15, -0.1) is 0 Å². The molecule has 2 aliphatic heterocycles. The molecule has 5 nitrogen and oxygen atoms in total. The summed E-state index contributed by atoms with van der Waals surface area (Å²) in [6.07, 6.45) is 1.91. The third-order valence-electron chi connectivity index (χ3n) is 4.75. The molecule has 0 bridgehead atoms. The highest BCUT2D eigenvalue weighted by atomic mass is 16.5. The summed E-state index contributed by atoms with van der Waals surface area (Å²) in [5.41, 5.74) is 1.07. The zero-order valence-corrected chi connectivity index (χ0v) is 14.1. The topological polar surface area (TPSA) is 42.0 Å². The van der Waals surface area contributed by atoms with Gasteiger partial charge < -0.3 is 14.4 Å². The lowest BCUT2D eigenvalue weighted by Crippen LogP contribution is -2.51. The van der Waals surface area contributed by atoms with E-state index in [2.05, 4.69) is 11.8 Å². The van der Waals surface area contributed by atoms with E-state index in [-0.39, 0.29) is 11.8 Å². The van der Waals surface area contributed by atoms with Crippen LogP contribution in [0.25, 0.3) is 0 Å². The van der Waals surface area contributed by atoms with E-state index in [0.29, 0.717) is 6.61 Å².